The maximum Gasteiger partial charge on any atom is 0.254 e. The zero-order valence-corrected chi connectivity index (χ0v) is 12.9. The van der Waals surface area contributed by atoms with E-state index in [0.717, 1.165) is 10.0 Å². The molecule has 1 aromatic carbocycles. The van der Waals surface area contributed by atoms with Crippen LogP contribution in [0.5, 0.6) is 0 Å². The minimum atomic E-state index is -3.57. The number of halogens is 1. The molecule has 1 fully saturated rings. The molecule has 0 bridgehead atoms. The van der Waals surface area contributed by atoms with Gasteiger partial charge in [-0.05, 0) is 37.1 Å². The Morgan fingerprint density at radius 1 is 1.47 bits per heavy atom. The van der Waals surface area contributed by atoms with Crippen molar-refractivity contribution in [1.29, 1.82) is 0 Å². The third-order valence-corrected chi connectivity index (χ3v) is 5.12. The number of carbonyl (C=O) groups is 1. The molecular formula is C12H15BrN2O3S. The third-order valence-electron chi connectivity index (χ3n) is 3.32. The lowest BCUT2D eigenvalue weighted by Gasteiger charge is -2.17. The van der Waals surface area contributed by atoms with Crippen LogP contribution >= 0.6 is 15.9 Å². The molecule has 104 valence electrons. The van der Waals surface area contributed by atoms with Gasteiger partial charge in [-0.15, -0.1) is 0 Å². The van der Waals surface area contributed by atoms with Gasteiger partial charge in [-0.1, -0.05) is 15.9 Å². The first-order chi connectivity index (χ1) is 8.79. The van der Waals surface area contributed by atoms with Gasteiger partial charge in [0.15, 0.2) is 0 Å². The average Bonchev–Trinajstić information content (AvgIpc) is 2.76. The summed E-state index contributed by atoms with van der Waals surface area (Å²) in [4.78, 5) is 13.9. The smallest absolute Gasteiger partial charge is 0.254 e. The summed E-state index contributed by atoms with van der Waals surface area (Å²) >= 11 is 3.34. The van der Waals surface area contributed by atoms with Crippen molar-refractivity contribution < 1.29 is 13.2 Å². The number of hydrogen-bond donors (Lipinski definition) is 1. The van der Waals surface area contributed by atoms with Crippen LogP contribution in [-0.2, 0) is 10.0 Å². The SMILES string of the molecule is Cc1cc(Br)ccc1C(=O)N1CC[C@H](S(N)(=O)=O)C1. The number of rotatable bonds is 2. The molecule has 1 aromatic rings. The van der Waals surface area contributed by atoms with Gasteiger partial charge < -0.3 is 4.90 Å². The second kappa shape index (κ2) is 5.22. The topological polar surface area (TPSA) is 80.5 Å². The Balaban J connectivity index is 2.18. The van der Waals surface area contributed by atoms with Crippen LogP contribution in [0, 0.1) is 6.92 Å². The molecule has 0 radical (unpaired) electrons. The molecule has 7 heteroatoms. The number of nitrogens with zero attached hydrogens (tertiary/aromatic N) is 1. The number of amides is 1. The van der Waals surface area contributed by atoms with Crippen LogP contribution in [0.1, 0.15) is 22.3 Å². The molecule has 1 saturated heterocycles. The molecule has 5 nitrogen and oxygen atoms in total. The fourth-order valence-corrected chi connectivity index (χ4v) is 3.52. The summed E-state index contributed by atoms with van der Waals surface area (Å²) in [6.45, 7) is 2.45. The summed E-state index contributed by atoms with van der Waals surface area (Å²) < 4.78 is 23.5. The van der Waals surface area contributed by atoms with Gasteiger partial charge in [0.2, 0.25) is 10.0 Å². The van der Waals surface area contributed by atoms with Crippen molar-refractivity contribution >= 4 is 31.9 Å². The van der Waals surface area contributed by atoms with E-state index in [1.165, 1.54) is 0 Å². The molecule has 2 rings (SSSR count). The molecule has 1 aliphatic rings. The number of nitrogens with two attached hydrogens (primary N) is 1. The Bertz CT molecular complexity index is 615. The van der Waals surface area contributed by atoms with Crippen molar-refractivity contribution in [3.05, 3.63) is 33.8 Å². The van der Waals surface area contributed by atoms with Crippen molar-refractivity contribution in [2.75, 3.05) is 13.1 Å². The van der Waals surface area contributed by atoms with E-state index in [2.05, 4.69) is 15.9 Å². The highest BCUT2D eigenvalue weighted by molar-refractivity contribution is 9.10. The van der Waals surface area contributed by atoms with E-state index < -0.39 is 15.3 Å². The lowest BCUT2D eigenvalue weighted by Crippen LogP contribution is -2.34. The van der Waals surface area contributed by atoms with Gasteiger partial charge in [0.25, 0.3) is 5.91 Å². The summed E-state index contributed by atoms with van der Waals surface area (Å²) in [7, 11) is -3.57. The van der Waals surface area contributed by atoms with E-state index >= 15 is 0 Å². The fourth-order valence-electron chi connectivity index (χ4n) is 2.22. The molecule has 0 aromatic heterocycles. The van der Waals surface area contributed by atoms with Gasteiger partial charge in [-0.2, -0.15) is 0 Å². The summed E-state index contributed by atoms with van der Waals surface area (Å²) in [5.41, 5.74) is 1.46. The van der Waals surface area contributed by atoms with Crippen LogP contribution in [-0.4, -0.2) is 37.6 Å². The number of sulfonamides is 1. The van der Waals surface area contributed by atoms with Crippen LogP contribution in [0.3, 0.4) is 0 Å². The van der Waals surface area contributed by atoms with E-state index in [-0.39, 0.29) is 12.5 Å². The summed E-state index contributed by atoms with van der Waals surface area (Å²) in [5, 5.41) is 4.47. The first-order valence-electron chi connectivity index (χ1n) is 5.86. The monoisotopic (exact) mass is 346 g/mol. The van der Waals surface area contributed by atoms with Gasteiger partial charge >= 0.3 is 0 Å². The van der Waals surface area contributed by atoms with Crippen molar-refractivity contribution in [3.63, 3.8) is 0 Å². The average molecular weight is 347 g/mol. The van der Waals surface area contributed by atoms with E-state index in [0.29, 0.717) is 18.5 Å². The van der Waals surface area contributed by atoms with E-state index in [9.17, 15) is 13.2 Å². The predicted octanol–water partition coefficient (Wildman–Crippen LogP) is 1.26. The highest BCUT2D eigenvalue weighted by atomic mass is 79.9. The van der Waals surface area contributed by atoms with Crippen molar-refractivity contribution in [2.24, 2.45) is 5.14 Å². The van der Waals surface area contributed by atoms with E-state index in [1.54, 1.807) is 17.0 Å². The molecule has 0 saturated carbocycles. The number of aryl methyl sites for hydroxylation is 1. The van der Waals surface area contributed by atoms with Gasteiger partial charge in [-0.25, -0.2) is 13.6 Å². The van der Waals surface area contributed by atoms with Crippen molar-refractivity contribution in [3.8, 4) is 0 Å². The van der Waals surface area contributed by atoms with Crippen LogP contribution in [0.15, 0.2) is 22.7 Å². The molecule has 1 amide bonds. The molecule has 0 aliphatic carbocycles. The Kier molecular flexibility index (Phi) is 3.98. The van der Waals surface area contributed by atoms with Crippen molar-refractivity contribution in [1.82, 2.24) is 4.90 Å². The summed E-state index contributed by atoms with van der Waals surface area (Å²) in [6.07, 6.45) is 0.403. The molecular weight excluding hydrogens is 332 g/mol. The molecule has 1 aliphatic heterocycles. The van der Waals surface area contributed by atoms with E-state index in [4.69, 9.17) is 5.14 Å². The van der Waals surface area contributed by atoms with Crippen LogP contribution in [0.2, 0.25) is 0 Å². The maximum atomic E-state index is 12.3. The van der Waals surface area contributed by atoms with Crippen LogP contribution in [0.4, 0.5) is 0 Å². The van der Waals surface area contributed by atoms with Gasteiger partial charge in [-0.3, -0.25) is 4.79 Å². The Labute approximate surface area is 121 Å². The Morgan fingerprint density at radius 3 is 2.68 bits per heavy atom. The minimum Gasteiger partial charge on any atom is -0.337 e. The molecule has 2 N–H and O–H groups in total. The van der Waals surface area contributed by atoms with Crippen molar-refractivity contribution in [2.45, 2.75) is 18.6 Å². The van der Waals surface area contributed by atoms with E-state index in [1.807, 2.05) is 13.0 Å². The van der Waals surface area contributed by atoms with Gasteiger partial charge in [0.1, 0.15) is 0 Å². The zero-order valence-electron chi connectivity index (χ0n) is 10.5. The summed E-state index contributed by atoms with van der Waals surface area (Å²) in [5.74, 6) is -0.142. The highest BCUT2D eigenvalue weighted by Gasteiger charge is 2.33. The predicted molar refractivity (Wildman–Crippen MR) is 76.3 cm³/mol. The number of hydrogen-bond acceptors (Lipinski definition) is 3. The van der Waals surface area contributed by atoms with Crippen LogP contribution in [0.25, 0.3) is 0 Å². The quantitative estimate of drug-likeness (QED) is 0.875. The standard InChI is InChI=1S/C12H15BrN2O3S/c1-8-6-9(13)2-3-11(8)12(16)15-5-4-10(7-15)19(14,17)18/h2-3,6,10H,4-5,7H2,1H3,(H2,14,17,18)/t10-/m0/s1. The summed E-state index contributed by atoms with van der Waals surface area (Å²) in [6, 6.07) is 5.40. The lowest BCUT2D eigenvalue weighted by molar-refractivity contribution is 0.0792. The second-order valence-corrected chi connectivity index (χ2v) is 7.47. The number of likely N-dealkylation sites (tertiary alicyclic amines) is 1. The second-order valence-electron chi connectivity index (χ2n) is 4.71. The first-order valence-corrected chi connectivity index (χ1v) is 8.26. The molecule has 19 heavy (non-hydrogen) atoms. The largest absolute Gasteiger partial charge is 0.337 e. The third kappa shape index (κ3) is 3.16. The van der Waals surface area contributed by atoms with Crippen LogP contribution < -0.4 is 5.14 Å². The zero-order chi connectivity index (χ0) is 14.2. The van der Waals surface area contributed by atoms with Gasteiger partial charge in [0, 0.05) is 23.1 Å². The number of benzene rings is 1. The Hall–Kier alpha value is -0.920. The lowest BCUT2D eigenvalue weighted by atomic mass is 10.1. The normalized spacial score (nSPS) is 19.7. The Morgan fingerprint density at radius 2 is 2.16 bits per heavy atom. The number of carbonyl (C=O) groups excluding carboxylic acids is 1. The van der Waals surface area contributed by atoms with Gasteiger partial charge in [0.05, 0.1) is 5.25 Å². The minimum absolute atomic E-state index is 0.142. The molecule has 0 unspecified atom stereocenters. The maximum absolute atomic E-state index is 12.3. The molecule has 1 atom stereocenters. The number of primary sulfonamides is 1. The fraction of sp³-hybridized carbons (Fsp3) is 0.417. The molecule has 1 heterocycles. The first kappa shape index (κ1) is 14.5. The highest BCUT2D eigenvalue weighted by Crippen LogP contribution is 2.21. The molecule has 0 spiro atoms.